The van der Waals surface area contributed by atoms with Crippen molar-refractivity contribution in [3.8, 4) is 0 Å². The van der Waals surface area contributed by atoms with Crippen molar-refractivity contribution in [1.82, 2.24) is 21.3 Å². The summed E-state index contributed by atoms with van der Waals surface area (Å²) < 4.78 is 63.2. The molecule has 22 N–H and O–H groups in total. The molecule has 6 aliphatic heterocycles. The van der Waals surface area contributed by atoms with E-state index in [0.717, 1.165) is 27.7 Å². The van der Waals surface area contributed by atoms with E-state index in [-0.39, 0.29) is 0 Å². The van der Waals surface area contributed by atoms with Gasteiger partial charge in [-0.1, -0.05) is 0 Å². The van der Waals surface area contributed by atoms with Crippen LogP contribution in [0.25, 0.3) is 0 Å². The highest BCUT2D eigenvalue weighted by molar-refractivity contribution is 5.77. The lowest BCUT2D eigenvalue weighted by atomic mass is 9.88. The summed E-state index contributed by atoms with van der Waals surface area (Å²) in [7, 11) is 0. The average molecular weight is 1240 g/mol. The summed E-state index contributed by atoms with van der Waals surface area (Å²) in [6.07, 6.45) is -53.1. The van der Waals surface area contributed by atoms with Crippen LogP contribution in [0.5, 0.6) is 0 Å². The van der Waals surface area contributed by atoms with E-state index in [1.54, 1.807) is 0 Å². The SMILES string of the molecule is CC(=O)N[C@H]1[C@@H](O[C@H]2[C@@H](O)[C@@H](CO)O[C@@H](O[C@H]3[C@@H](O)[C@@H](COC4O[C@H](CO)[C@@H](O[C@@H]5O[C@H](CO)[C@H](O)[C@H](O[C@]6(C(=O)O)C[C@H](O)[C@@H](NC(C)=O)[C@H]([C@H](O)[C@H](O)CO)O6)[C@H]5O)[C@H](O)[C@H]4NC(C)=O)OC(O)[C@@H]3NC(C)=O)[C@@H]2O)O[C@H](CO)[C@H](O)[C@@H]1O. The number of aliphatic hydroxyl groups excluding tert-OH is 17. The summed E-state index contributed by atoms with van der Waals surface area (Å²) in [4.78, 5) is 62.3. The number of aliphatic carboxylic acids is 1. The Balaban J connectivity index is 1.21. The molecule has 0 aromatic heterocycles. The van der Waals surface area contributed by atoms with Crippen molar-refractivity contribution in [2.75, 3.05) is 39.6 Å². The van der Waals surface area contributed by atoms with Gasteiger partial charge in [-0.2, -0.15) is 0 Å². The Bertz CT molecular complexity index is 2220. The van der Waals surface area contributed by atoms with Crippen molar-refractivity contribution in [1.29, 1.82) is 0 Å². The van der Waals surface area contributed by atoms with Crippen LogP contribution in [0.2, 0.25) is 0 Å². The minimum Gasteiger partial charge on any atom is -0.477 e. The molecule has 38 nitrogen and oxygen atoms in total. The number of amides is 4. The molecule has 4 amide bonds. The largest absolute Gasteiger partial charge is 0.477 e. The van der Waals surface area contributed by atoms with E-state index in [9.17, 15) is 116 Å². The standard InChI is InChI=1S/C47H78N4O34/c1-12(57)48-23-16(61)5-47(46(73)74,84-38(23)27(63)17(62)6-52)85-40-30(66)20(9-55)79-45(35(40)71)81-36-21(10-56)80-42(25(33(36)69)50-14(3)59)75-11-22-31(67)37(26(41(72)76-22)51-15(4)60)82-44-34(70)39(29(65)19(8-54)78-44)83-43-24(49-13(2)58)32(68)28(64)18(7-53)77-43/h16-45,52-56,61-72H,5-11H2,1-4H3,(H,48,57)(H,49,58)(H,50,59)(H,51,60)(H,73,74)/t16-,17+,18+,19+,20+,21+,22+,23+,24+,25+,26+,27+,28-,29-,30-,31-,32+,33+,34+,35+,36+,37+,38+,39-,40-,41?,42?,43+,44-,45-,47-/m0/s1. The summed E-state index contributed by atoms with van der Waals surface area (Å²) in [5.74, 6) is -8.58. The van der Waals surface area contributed by atoms with Gasteiger partial charge in [-0.25, -0.2) is 4.79 Å². The summed E-state index contributed by atoms with van der Waals surface area (Å²) in [5, 5.41) is 205. The number of carboxylic acid groups (broad SMARTS) is 1. The molecule has 31 atom stereocenters. The summed E-state index contributed by atoms with van der Waals surface area (Å²) in [6, 6.07) is -6.80. The van der Waals surface area contributed by atoms with Crippen LogP contribution < -0.4 is 21.3 Å². The molecule has 6 heterocycles. The van der Waals surface area contributed by atoms with Crippen molar-refractivity contribution < 1.29 is 168 Å². The molecule has 6 aliphatic rings. The predicted molar refractivity (Wildman–Crippen MR) is 263 cm³/mol. The fourth-order valence-corrected chi connectivity index (χ4v) is 10.7. The third kappa shape index (κ3) is 15.8. The van der Waals surface area contributed by atoms with Crippen LogP contribution in [0.3, 0.4) is 0 Å². The number of aliphatic hydroxyl groups is 17. The maximum Gasteiger partial charge on any atom is 0.364 e. The molecule has 0 bridgehead atoms. The maximum atomic E-state index is 13.0. The highest BCUT2D eigenvalue weighted by Gasteiger charge is 2.61. The Hall–Kier alpha value is -3.77. The van der Waals surface area contributed by atoms with Gasteiger partial charge in [0.25, 0.3) is 5.79 Å². The first-order valence-electron chi connectivity index (χ1n) is 26.7. The van der Waals surface area contributed by atoms with E-state index in [1.165, 1.54) is 0 Å². The number of hydrogen-bond acceptors (Lipinski definition) is 33. The number of carboxylic acids is 1. The Morgan fingerprint density at radius 1 is 0.482 bits per heavy atom. The second-order valence-corrected chi connectivity index (χ2v) is 21.2. The van der Waals surface area contributed by atoms with E-state index < -0.39 is 265 Å². The van der Waals surface area contributed by atoms with E-state index in [4.69, 9.17) is 52.1 Å². The van der Waals surface area contributed by atoms with Gasteiger partial charge in [-0.05, 0) is 0 Å². The molecule has 0 aromatic carbocycles. The second-order valence-electron chi connectivity index (χ2n) is 21.2. The Morgan fingerprint density at radius 3 is 1.44 bits per heavy atom. The number of rotatable bonds is 23. The molecule has 6 rings (SSSR count). The molecule has 38 heteroatoms. The molecule has 85 heavy (non-hydrogen) atoms. The Morgan fingerprint density at radius 2 is 0.918 bits per heavy atom. The number of ether oxygens (including phenoxy) is 11. The van der Waals surface area contributed by atoms with Crippen molar-refractivity contribution in [2.45, 2.75) is 224 Å². The minimum atomic E-state index is -3.19. The van der Waals surface area contributed by atoms with Gasteiger partial charge in [0, 0.05) is 34.1 Å². The van der Waals surface area contributed by atoms with Crippen LogP contribution >= 0.6 is 0 Å². The van der Waals surface area contributed by atoms with Gasteiger partial charge in [0.05, 0.1) is 51.8 Å². The molecule has 2 unspecified atom stereocenters. The van der Waals surface area contributed by atoms with Gasteiger partial charge in [-0.15, -0.1) is 0 Å². The maximum absolute atomic E-state index is 13.0. The molecule has 490 valence electrons. The minimum absolute atomic E-state index is 0.766. The molecular weight excluding hydrogens is 1160 g/mol. The topological polar surface area (TPSA) is 599 Å². The van der Waals surface area contributed by atoms with Crippen LogP contribution in [0.15, 0.2) is 0 Å². The van der Waals surface area contributed by atoms with Crippen LogP contribution in [0.1, 0.15) is 34.1 Å². The molecule has 0 saturated carbocycles. The first-order valence-corrected chi connectivity index (χ1v) is 26.7. The molecule has 6 fully saturated rings. The van der Waals surface area contributed by atoms with Crippen molar-refractivity contribution in [3.63, 3.8) is 0 Å². The first kappa shape index (κ1) is 70.3. The summed E-state index contributed by atoms with van der Waals surface area (Å²) in [6.45, 7) is -2.18. The average Bonchev–Trinajstić information content (AvgIpc) is 2.91. The third-order valence-electron chi connectivity index (χ3n) is 15.0. The number of carbonyl (C=O) groups excluding carboxylic acids is 4. The zero-order chi connectivity index (χ0) is 63.3. The first-order chi connectivity index (χ1) is 40.0. The predicted octanol–water partition coefficient (Wildman–Crippen LogP) is -14.3. The highest BCUT2D eigenvalue weighted by atomic mass is 16.8. The van der Waals surface area contributed by atoms with E-state index >= 15 is 0 Å². The van der Waals surface area contributed by atoms with Crippen molar-refractivity contribution in [2.24, 2.45) is 0 Å². The fourth-order valence-electron chi connectivity index (χ4n) is 10.7. The number of nitrogens with one attached hydrogen (secondary N) is 4. The highest BCUT2D eigenvalue weighted by Crippen LogP contribution is 2.39. The lowest BCUT2D eigenvalue weighted by Gasteiger charge is -2.51. The quantitative estimate of drug-likeness (QED) is 0.0452. The lowest BCUT2D eigenvalue weighted by molar-refractivity contribution is -0.383. The zero-order valence-electron chi connectivity index (χ0n) is 45.9. The van der Waals surface area contributed by atoms with Gasteiger partial charge in [0.1, 0.15) is 140 Å². The molecular formula is C47H78N4O34. The van der Waals surface area contributed by atoms with E-state index in [2.05, 4.69) is 21.3 Å². The Kier molecular flexibility index (Phi) is 24.9. The van der Waals surface area contributed by atoms with Gasteiger partial charge >= 0.3 is 5.97 Å². The van der Waals surface area contributed by atoms with Gasteiger partial charge in [0.15, 0.2) is 31.5 Å². The molecule has 0 aromatic rings. The summed E-state index contributed by atoms with van der Waals surface area (Å²) >= 11 is 0. The number of carbonyl (C=O) groups is 5. The zero-order valence-corrected chi connectivity index (χ0v) is 45.9. The Labute approximate surface area is 481 Å². The fraction of sp³-hybridized carbons (Fsp3) is 0.894. The van der Waals surface area contributed by atoms with Gasteiger partial charge in [-0.3, -0.25) is 19.2 Å². The van der Waals surface area contributed by atoms with Crippen LogP contribution in [0, 0.1) is 0 Å². The second kappa shape index (κ2) is 30.2. The molecule has 0 radical (unpaired) electrons. The van der Waals surface area contributed by atoms with Gasteiger partial charge in [0.2, 0.25) is 23.6 Å². The molecule has 6 saturated heterocycles. The van der Waals surface area contributed by atoms with Crippen molar-refractivity contribution in [3.05, 3.63) is 0 Å². The van der Waals surface area contributed by atoms with Crippen LogP contribution in [0.4, 0.5) is 0 Å². The normalized spacial score (nSPS) is 45.0. The third-order valence-corrected chi connectivity index (χ3v) is 15.0. The van der Waals surface area contributed by atoms with Gasteiger partial charge < -0.3 is 165 Å². The molecule has 0 aliphatic carbocycles. The lowest BCUT2D eigenvalue weighted by Crippen LogP contribution is -2.71. The molecule has 0 spiro atoms. The van der Waals surface area contributed by atoms with Crippen LogP contribution in [-0.2, 0) is 76.1 Å². The number of hydrogen-bond donors (Lipinski definition) is 22. The smallest absolute Gasteiger partial charge is 0.364 e. The monoisotopic (exact) mass is 1240 g/mol. The van der Waals surface area contributed by atoms with E-state index in [0.29, 0.717) is 0 Å². The van der Waals surface area contributed by atoms with Crippen LogP contribution in [-0.4, -0.2) is 351 Å². The van der Waals surface area contributed by atoms with E-state index in [1.807, 2.05) is 0 Å². The van der Waals surface area contributed by atoms with Crippen molar-refractivity contribution >= 4 is 29.6 Å². The summed E-state index contributed by atoms with van der Waals surface area (Å²) in [5.41, 5.74) is 0.